The molecule has 3 aromatic rings. The molecule has 2 aliphatic heterocycles. The summed E-state index contributed by atoms with van der Waals surface area (Å²) in [6.07, 6.45) is 15.4. The van der Waals surface area contributed by atoms with Crippen LogP contribution in [0.3, 0.4) is 0 Å². The van der Waals surface area contributed by atoms with E-state index in [1.807, 2.05) is 18.6 Å². The molecule has 31 heavy (non-hydrogen) atoms. The number of ether oxygens (including phenoxy) is 1. The molecule has 1 aliphatic carbocycles. The summed E-state index contributed by atoms with van der Waals surface area (Å²) < 4.78 is 9.67. The Balaban J connectivity index is 1.46. The van der Waals surface area contributed by atoms with Crippen molar-refractivity contribution in [3.63, 3.8) is 0 Å². The Labute approximate surface area is 181 Å². The SMILES string of the molecule is CC[C@@H]1c2nncn2-c2cnc(-n3ccnc3C3CCOCC3)nc2N1C1CCCC1. The number of hydrogen-bond acceptors (Lipinski definition) is 7. The van der Waals surface area contributed by atoms with Gasteiger partial charge in [-0.05, 0) is 32.1 Å². The Morgan fingerprint density at radius 3 is 2.68 bits per heavy atom. The lowest BCUT2D eigenvalue weighted by molar-refractivity contribution is 0.0832. The number of hydrogen-bond donors (Lipinski definition) is 0. The summed E-state index contributed by atoms with van der Waals surface area (Å²) in [5.74, 6) is 4.07. The fourth-order valence-electron chi connectivity index (χ4n) is 5.49. The van der Waals surface area contributed by atoms with Crippen LogP contribution in [0.4, 0.5) is 5.82 Å². The molecule has 1 saturated heterocycles. The Morgan fingerprint density at radius 1 is 1.03 bits per heavy atom. The van der Waals surface area contributed by atoms with E-state index in [0.29, 0.717) is 17.9 Å². The Kier molecular flexibility index (Phi) is 4.70. The van der Waals surface area contributed by atoms with E-state index in [9.17, 15) is 0 Å². The number of aromatic nitrogens is 7. The minimum Gasteiger partial charge on any atom is -0.381 e. The van der Waals surface area contributed by atoms with E-state index in [2.05, 4.69) is 36.1 Å². The normalized spacial score (nSPS) is 22.0. The molecule has 162 valence electrons. The predicted molar refractivity (Wildman–Crippen MR) is 115 cm³/mol. The second-order valence-corrected chi connectivity index (χ2v) is 8.75. The summed E-state index contributed by atoms with van der Waals surface area (Å²) in [6.45, 7) is 3.79. The van der Waals surface area contributed by atoms with Gasteiger partial charge in [0.2, 0.25) is 5.95 Å². The molecule has 2 fully saturated rings. The van der Waals surface area contributed by atoms with Gasteiger partial charge in [-0.3, -0.25) is 9.13 Å². The molecule has 6 rings (SSSR count). The molecule has 0 aromatic carbocycles. The van der Waals surface area contributed by atoms with Crippen molar-refractivity contribution in [3.8, 4) is 11.6 Å². The quantitative estimate of drug-likeness (QED) is 0.640. The summed E-state index contributed by atoms with van der Waals surface area (Å²) in [7, 11) is 0. The van der Waals surface area contributed by atoms with Gasteiger partial charge in [-0.2, -0.15) is 4.98 Å². The van der Waals surface area contributed by atoms with Gasteiger partial charge in [0.1, 0.15) is 17.8 Å². The smallest absolute Gasteiger partial charge is 0.237 e. The van der Waals surface area contributed by atoms with Gasteiger partial charge in [-0.15, -0.1) is 10.2 Å². The van der Waals surface area contributed by atoms with E-state index < -0.39 is 0 Å². The monoisotopic (exact) mass is 420 g/mol. The second kappa shape index (κ2) is 7.71. The van der Waals surface area contributed by atoms with Gasteiger partial charge >= 0.3 is 0 Å². The minimum atomic E-state index is 0.179. The maximum Gasteiger partial charge on any atom is 0.237 e. The summed E-state index contributed by atoms with van der Waals surface area (Å²) in [5, 5.41) is 8.68. The van der Waals surface area contributed by atoms with E-state index >= 15 is 0 Å². The van der Waals surface area contributed by atoms with Gasteiger partial charge in [0, 0.05) is 37.6 Å². The van der Waals surface area contributed by atoms with Crippen LogP contribution in [0.5, 0.6) is 0 Å². The highest BCUT2D eigenvalue weighted by Gasteiger charge is 2.38. The van der Waals surface area contributed by atoms with Crippen molar-refractivity contribution in [1.82, 2.24) is 34.3 Å². The van der Waals surface area contributed by atoms with Crippen molar-refractivity contribution in [3.05, 3.63) is 36.6 Å². The molecular weight excluding hydrogens is 392 g/mol. The molecule has 0 amide bonds. The third kappa shape index (κ3) is 3.05. The molecule has 3 aliphatic rings. The highest BCUT2D eigenvalue weighted by Crippen LogP contribution is 2.42. The fourth-order valence-corrected chi connectivity index (χ4v) is 5.49. The van der Waals surface area contributed by atoms with Gasteiger partial charge in [-0.1, -0.05) is 19.8 Å². The van der Waals surface area contributed by atoms with Crippen molar-refractivity contribution in [2.45, 2.75) is 69.9 Å². The average molecular weight is 421 g/mol. The van der Waals surface area contributed by atoms with Crippen LogP contribution in [0, 0.1) is 0 Å². The van der Waals surface area contributed by atoms with E-state index in [1.54, 1.807) is 6.33 Å². The van der Waals surface area contributed by atoms with Crippen LogP contribution < -0.4 is 4.90 Å². The van der Waals surface area contributed by atoms with Crippen LogP contribution >= 0.6 is 0 Å². The van der Waals surface area contributed by atoms with Gasteiger partial charge < -0.3 is 9.64 Å². The Bertz CT molecular complexity index is 1060. The standard InChI is InChI=1S/C22H28N8O/c1-2-17-21-27-25-14-29(21)18-13-24-22(26-20(18)30(17)16-5-3-4-6-16)28-10-9-23-19(28)15-7-11-31-12-8-15/h9-10,13-17H,2-8,11-12H2,1H3/t17-/m1/s1. The van der Waals surface area contributed by atoms with E-state index in [-0.39, 0.29) is 6.04 Å². The molecule has 1 saturated carbocycles. The van der Waals surface area contributed by atoms with Gasteiger partial charge in [0.25, 0.3) is 0 Å². The molecule has 5 heterocycles. The van der Waals surface area contributed by atoms with E-state index in [4.69, 9.17) is 14.7 Å². The number of fused-ring (bicyclic) bond motifs is 3. The molecule has 9 heteroatoms. The molecule has 1 atom stereocenters. The lowest BCUT2D eigenvalue weighted by atomic mass is 9.99. The van der Waals surface area contributed by atoms with Crippen LogP contribution in [-0.2, 0) is 4.74 Å². The first-order valence-corrected chi connectivity index (χ1v) is 11.5. The van der Waals surface area contributed by atoms with Crippen LogP contribution in [0.15, 0.2) is 24.9 Å². The van der Waals surface area contributed by atoms with Crippen molar-refractivity contribution in [1.29, 1.82) is 0 Å². The zero-order chi connectivity index (χ0) is 20.8. The third-order valence-corrected chi connectivity index (χ3v) is 7.03. The Hall–Kier alpha value is -2.81. The van der Waals surface area contributed by atoms with Crippen molar-refractivity contribution < 1.29 is 4.74 Å². The summed E-state index contributed by atoms with van der Waals surface area (Å²) in [4.78, 5) is 17.1. The molecule has 0 unspecified atom stereocenters. The number of nitrogens with zero attached hydrogens (tertiary/aromatic N) is 8. The highest BCUT2D eigenvalue weighted by atomic mass is 16.5. The summed E-state index contributed by atoms with van der Waals surface area (Å²) in [6, 6.07) is 0.660. The Morgan fingerprint density at radius 2 is 1.87 bits per heavy atom. The zero-order valence-electron chi connectivity index (χ0n) is 17.9. The molecule has 9 nitrogen and oxygen atoms in total. The number of imidazole rings is 1. The maximum absolute atomic E-state index is 5.55. The van der Waals surface area contributed by atoms with Gasteiger partial charge in [-0.25, -0.2) is 9.97 Å². The molecule has 0 spiro atoms. The molecule has 3 aromatic heterocycles. The maximum atomic E-state index is 5.55. The third-order valence-electron chi connectivity index (χ3n) is 7.03. The zero-order valence-corrected chi connectivity index (χ0v) is 17.9. The molecule has 0 radical (unpaired) electrons. The molecule has 0 N–H and O–H groups in total. The summed E-state index contributed by atoms with van der Waals surface area (Å²) in [5.41, 5.74) is 0.966. The number of rotatable bonds is 4. The van der Waals surface area contributed by atoms with Crippen molar-refractivity contribution in [2.75, 3.05) is 18.1 Å². The summed E-state index contributed by atoms with van der Waals surface area (Å²) >= 11 is 0. The minimum absolute atomic E-state index is 0.179. The molecular formula is C22H28N8O. The predicted octanol–water partition coefficient (Wildman–Crippen LogP) is 3.35. The van der Waals surface area contributed by atoms with Crippen molar-refractivity contribution >= 4 is 5.82 Å². The first-order valence-electron chi connectivity index (χ1n) is 11.5. The second-order valence-electron chi connectivity index (χ2n) is 8.75. The van der Waals surface area contributed by atoms with Gasteiger partial charge in [0.15, 0.2) is 11.6 Å². The van der Waals surface area contributed by atoms with Crippen LogP contribution in [0.1, 0.15) is 75.5 Å². The highest BCUT2D eigenvalue weighted by molar-refractivity contribution is 5.62. The largest absolute Gasteiger partial charge is 0.381 e. The van der Waals surface area contributed by atoms with Crippen LogP contribution in [0.2, 0.25) is 0 Å². The van der Waals surface area contributed by atoms with E-state index in [1.165, 1.54) is 25.7 Å². The van der Waals surface area contributed by atoms with E-state index in [0.717, 1.165) is 55.6 Å². The first-order chi connectivity index (χ1) is 15.3. The van der Waals surface area contributed by atoms with Crippen LogP contribution in [0.25, 0.3) is 11.6 Å². The fraction of sp³-hybridized carbons (Fsp3) is 0.591. The lowest BCUT2D eigenvalue weighted by Gasteiger charge is -2.40. The first kappa shape index (κ1) is 18.9. The average Bonchev–Trinajstić information content (AvgIpc) is 3.59. The molecule has 0 bridgehead atoms. The van der Waals surface area contributed by atoms with Gasteiger partial charge in [0.05, 0.1) is 12.2 Å². The topological polar surface area (TPSA) is 86.8 Å². The van der Waals surface area contributed by atoms with Crippen molar-refractivity contribution in [2.24, 2.45) is 0 Å². The van der Waals surface area contributed by atoms with Crippen LogP contribution in [-0.4, -0.2) is 53.5 Å². The lowest BCUT2D eigenvalue weighted by Crippen LogP contribution is -2.42. The number of anilines is 1.